The third kappa shape index (κ3) is 5.01. The molecule has 0 spiro atoms. The average Bonchev–Trinajstić information content (AvgIpc) is 3.08. The summed E-state index contributed by atoms with van der Waals surface area (Å²) in [5.41, 5.74) is 0.165. The molecule has 1 aliphatic rings. The van der Waals surface area contributed by atoms with Crippen molar-refractivity contribution in [1.29, 1.82) is 0 Å². The van der Waals surface area contributed by atoms with E-state index >= 15 is 0 Å². The zero-order valence-electron chi connectivity index (χ0n) is 17.6. The zero-order chi connectivity index (χ0) is 22.8. The first-order chi connectivity index (χ1) is 14.6. The summed E-state index contributed by atoms with van der Waals surface area (Å²) in [6.45, 7) is 5.11. The Bertz CT molecular complexity index is 1140. The molecule has 1 fully saturated rings. The smallest absolute Gasteiger partial charge is 0.363 e. The van der Waals surface area contributed by atoms with Crippen LogP contribution < -0.4 is 5.43 Å². The van der Waals surface area contributed by atoms with E-state index in [2.05, 4.69) is 5.10 Å². The summed E-state index contributed by atoms with van der Waals surface area (Å²) in [6.07, 6.45) is -0.840. The average molecular weight is 448 g/mol. The monoisotopic (exact) mass is 447 g/mol. The third-order valence-electron chi connectivity index (χ3n) is 5.21. The molecule has 0 N–H and O–H groups in total. The van der Waals surface area contributed by atoms with Crippen LogP contribution in [0, 0.1) is 6.92 Å². The number of aromatic nitrogens is 2. The van der Waals surface area contributed by atoms with Gasteiger partial charge in [0, 0.05) is 24.3 Å². The van der Waals surface area contributed by atoms with E-state index in [1.807, 2.05) is 6.07 Å². The molecule has 1 amide bonds. The second-order valence-electron chi connectivity index (χ2n) is 7.47. The minimum absolute atomic E-state index is 0.0297. The largest absolute Gasteiger partial charge is 0.448 e. The minimum atomic E-state index is -3.17. The van der Waals surface area contributed by atoms with Gasteiger partial charge in [-0.3, -0.25) is 9.59 Å². The molecule has 0 aliphatic carbocycles. The Labute approximate surface area is 180 Å². The van der Waals surface area contributed by atoms with Crippen LogP contribution in [0.3, 0.4) is 0 Å². The van der Waals surface area contributed by atoms with Crippen LogP contribution in [0.25, 0.3) is 5.69 Å². The Kier molecular flexibility index (Phi) is 6.59. The summed E-state index contributed by atoms with van der Waals surface area (Å²) < 4.78 is 30.2. The molecule has 2 aromatic rings. The lowest BCUT2D eigenvalue weighted by atomic mass is 10.2. The summed E-state index contributed by atoms with van der Waals surface area (Å²) in [5.74, 6) is -1.59. The van der Waals surface area contributed by atoms with Crippen LogP contribution in [0.4, 0.5) is 0 Å². The Hall–Kier alpha value is -3.01. The molecule has 0 bridgehead atoms. The number of nitrogens with zero attached hydrogens (tertiary/aromatic N) is 3. The van der Waals surface area contributed by atoms with Crippen molar-refractivity contribution in [3.8, 4) is 5.69 Å². The van der Waals surface area contributed by atoms with Crippen LogP contribution in [0.2, 0.25) is 0 Å². The molecule has 0 radical (unpaired) electrons. The fourth-order valence-electron chi connectivity index (χ4n) is 3.63. The number of hydrogen-bond acceptors (Lipinski definition) is 7. The Balaban J connectivity index is 1.79. The summed E-state index contributed by atoms with van der Waals surface area (Å²) in [7, 11) is -3.17. The minimum Gasteiger partial charge on any atom is -0.448 e. The maximum Gasteiger partial charge on any atom is 0.363 e. The van der Waals surface area contributed by atoms with E-state index in [4.69, 9.17) is 4.74 Å². The molecule has 2 heterocycles. The predicted molar refractivity (Wildman–Crippen MR) is 114 cm³/mol. The van der Waals surface area contributed by atoms with Crippen molar-refractivity contribution in [2.24, 2.45) is 0 Å². The number of likely N-dealkylation sites (N-methyl/N-ethyl adjacent to an activating group) is 1. The van der Waals surface area contributed by atoms with Crippen molar-refractivity contribution in [3.63, 3.8) is 0 Å². The number of carbonyl (C=O) groups excluding carboxylic acids is 2. The van der Waals surface area contributed by atoms with Crippen molar-refractivity contribution < 1.29 is 22.7 Å². The number of carbonyl (C=O) groups is 2. The summed E-state index contributed by atoms with van der Waals surface area (Å²) >= 11 is 0. The molecule has 2 unspecified atom stereocenters. The molecule has 1 aromatic carbocycles. The zero-order valence-corrected chi connectivity index (χ0v) is 18.5. The molecule has 1 saturated heterocycles. The first-order valence-electron chi connectivity index (χ1n) is 10.0. The predicted octanol–water partition coefficient (Wildman–Crippen LogP) is 1.12. The standard InChI is InChI=1S/C21H25N3O6S/c1-4-23(17-10-11-31(28,29)13-17)20(26)15(3)30-21(27)19-18(25)12-14(2)24(22-19)16-8-6-5-7-9-16/h5-9,12,15,17H,4,10-11,13H2,1-3H3. The first kappa shape index (κ1) is 22.7. The van der Waals surface area contributed by atoms with Crippen LogP contribution in [0.1, 0.15) is 36.5 Å². The van der Waals surface area contributed by atoms with Gasteiger partial charge in [0.05, 0.1) is 17.2 Å². The highest BCUT2D eigenvalue weighted by molar-refractivity contribution is 7.91. The van der Waals surface area contributed by atoms with Crippen molar-refractivity contribution in [2.75, 3.05) is 18.1 Å². The van der Waals surface area contributed by atoms with Crippen LogP contribution in [-0.4, -0.2) is 65.2 Å². The van der Waals surface area contributed by atoms with Crippen molar-refractivity contribution in [1.82, 2.24) is 14.7 Å². The maximum atomic E-state index is 12.8. The summed E-state index contributed by atoms with van der Waals surface area (Å²) in [4.78, 5) is 39.2. The second kappa shape index (κ2) is 9.01. The lowest BCUT2D eigenvalue weighted by Gasteiger charge is -2.29. The number of aryl methyl sites for hydroxylation is 1. The Morgan fingerprint density at radius 1 is 1.29 bits per heavy atom. The van der Waals surface area contributed by atoms with E-state index in [1.165, 1.54) is 22.6 Å². The molecule has 166 valence electrons. The molecule has 3 rings (SSSR count). The van der Waals surface area contributed by atoms with Crippen LogP contribution in [-0.2, 0) is 19.4 Å². The van der Waals surface area contributed by atoms with E-state index in [9.17, 15) is 22.8 Å². The highest BCUT2D eigenvalue weighted by Gasteiger charge is 2.36. The number of benzene rings is 1. The van der Waals surface area contributed by atoms with Gasteiger partial charge >= 0.3 is 5.97 Å². The first-order valence-corrected chi connectivity index (χ1v) is 11.8. The Morgan fingerprint density at radius 2 is 1.97 bits per heavy atom. The lowest BCUT2D eigenvalue weighted by molar-refractivity contribution is -0.141. The highest BCUT2D eigenvalue weighted by Crippen LogP contribution is 2.19. The molecular formula is C21H25N3O6S. The van der Waals surface area contributed by atoms with E-state index in [-0.39, 0.29) is 18.1 Å². The topological polar surface area (TPSA) is 116 Å². The van der Waals surface area contributed by atoms with Crippen molar-refractivity contribution in [2.45, 2.75) is 39.3 Å². The van der Waals surface area contributed by atoms with Gasteiger partial charge in [0.2, 0.25) is 11.1 Å². The maximum absolute atomic E-state index is 12.8. The van der Waals surface area contributed by atoms with Crippen LogP contribution in [0.5, 0.6) is 0 Å². The van der Waals surface area contributed by atoms with Crippen LogP contribution >= 0.6 is 0 Å². The van der Waals surface area contributed by atoms with Gasteiger partial charge in [-0.1, -0.05) is 18.2 Å². The van der Waals surface area contributed by atoms with Gasteiger partial charge in [-0.2, -0.15) is 5.10 Å². The van der Waals surface area contributed by atoms with Gasteiger partial charge in [0.15, 0.2) is 15.9 Å². The number of hydrogen-bond donors (Lipinski definition) is 0. The van der Waals surface area contributed by atoms with E-state index in [0.29, 0.717) is 17.8 Å². The van der Waals surface area contributed by atoms with Gasteiger partial charge in [-0.25, -0.2) is 17.9 Å². The molecule has 1 aliphatic heterocycles. The SMILES string of the molecule is CCN(C(=O)C(C)OC(=O)c1nn(-c2ccccc2)c(C)cc1=O)C1CCS(=O)(=O)C1. The molecule has 2 atom stereocenters. The van der Waals surface area contributed by atoms with Crippen LogP contribution in [0.15, 0.2) is 41.2 Å². The van der Waals surface area contributed by atoms with Gasteiger partial charge in [0.1, 0.15) is 0 Å². The van der Waals surface area contributed by atoms with E-state index in [0.717, 1.165) is 0 Å². The lowest BCUT2D eigenvalue weighted by Crippen LogP contribution is -2.46. The number of sulfone groups is 1. The fourth-order valence-corrected chi connectivity index (χ4v) is 5.37. The highest BCUT2D eigenvalue weighted by atomic mass is 32.2. The molecule has 9 nitrogen and oxygen atoms in total. The normalized spacial score (nSPS) is 18.4. The van der Waals surface area contributed by atoms with Crippen molar-refractivity contribution in [3.05, 3.63) is 58.0 Å². The van der Waals surface area contributed by atoms with E-state index in [1.54, 1.807) is 38.1 Å². The van der Waals surface area contributed by atoms with Gasteiger partial charge in [-0.05, 0) is 39.3 Å². The molecule has 10 heteroatoms. The van der Waals surface area contributed by atoms with Gasteiger partial charge in [0.25, 0.3) is 5.91 Å². The number of rotatable bonds is 6. The second-order valence-corrected chi connectivity index (χ2v) is 9.70. The van der Waals surface area contributed by atoms with E-state index < -0.39 is 45.0 Å². The molecule has 1 aromatic heterocycles. The molecular weight excluding hydrogens is 422 g/mol. The number of amides is 1. The molecule has 0 saturated carbocycles. The quantitative estimate of drug-likeness (QED) is 0.609. The summed E-state index contributed by atoms with van der Waals surface area (Å²) in [5, 5.41) is 4.14. The third-order valence-corrected chi connectivity index (χ3v) is 6.96. The van der Waals surface area contributed by atoms with Gasteiger partial charge in [-0.15, -0.1) is 0 Å². The molecule has 31 heavy (non-hydrogen) atoms. The van der Waals surface area contributed by atoms with Crippen molar-refractivity contribution >= 4 is 21.7 Å². The summed E-state index contributed by atoms with van der Waals surface area (Å²) in [6, 6.07) is 9.83. The number of ether oxygens (including phenoxy) is 1. The van der Waals surface area contributed by atoms with Gasteiger partial charge < -0.3 is 9.64 Å². The fraction of sp³-hybridized carbons (Fsp3) is 0.429. The Morgan fingerprint density at radius 3 is 2.55 bits per heavy atom. The number of esters is 1. The number of para-hydroxylation sites is 1.